The van der Waals surface area contributed by atoms with Crippen LogP contribution in [-0.4, -0.2) is 14.8 Å². The molecule has 0 bridgehead atoms. The van der Waals surface area contributed by atoms with E-state index in [0.717, 1.165) is 35.5 Å². The molecule has 0 spiro atoms. The molecule has 2 aromatic heterocycles. The fourth-order valence-electron chi connectivity index (χ4n) is 2.30. The molecule has 2 heterocycles. The van der Waals surface area contributed by atoms with E-state index in [9.17, 15) is 0 Å². The number of nitrogens with one attached hydrogen (secondary N) is 1. The van der Waals surface area contributed by atoms with Crippen molar-refractivity contribution in [1.29, 1.82) is 0 Å². The molecule has 1 atom stereocenters. The van der Waals surface area contributed by atoms with Crippen LogP contribution in [0.15, 0.2) is 24.5 Å². The molecule has 0 aromatic carbocycles. The predicted octanol–water partition coefficient (Wildman–Crippen LogP) is 1.86. The van der Waals surface area contributed by atoms with Crippen molar-refractivity contribution in [2.24, 2.45) is 5.84 Å². The average molecular weight is 259 g/mol. The first-order valence-electron chi connectivity index (χ1n) is 6.57. The van der Waals surface area contributed by atoms with E-state index in [0.29, 0.717) is 0 Å². The second kappa shape index (κ2) is 5.95. The Morgan fingerprint density at radius 3 is 2.53 bits per heavy atom. The smallest absolute Gasteiger partial charge is 0.0742 e. The summed E-state index contributed by atoms with van der Waals surface area (Å²) in [5.41, 5.74) is 7.04. The standard InChI is InChI=1S/C14H21N5/c1-4-5-19-9-13(8-16-19)14(18-15)12-6-10(2)17-11(3)7-12/h6-9,14,18H,4-5,15H2,1-3H3. The monoisotopic (exact) mass is 259 g/mol. The highest BCUT2D eigenvalue weighted by Crippen LogP contribution is 2.22. The number of aromatic nitrogens is 3. The van der Waals surface area contributed by atoms with E-state index < -0.39 is 0 Å². The summed E-state index contributed by atoms with van der Waals surface area (Å²) in [6.45, 7) is 7.04. The van der Waals surface area contributed by atoms with Crippen LogP contribution in [0.3, 0.4) is 0 Å². The van der Waals surface area contributed by atoms with Crippen LogP contribution in [-0.2, 0) is 6.54 Å². The number of hydrazine groups is 1. The van der Waals surface area contributed by atoms with Gasteiger partial charge in [-0.25, -0.2) is 5.43 Å². The van der Waals surface area contributed by atoms with Gasteiger partial charge < -0.3 is 0 Å². The summed E-state index contributed by atoms with van der Waals surface area (Å²) in [7, 11) is 0. The maximum absolute atomic E-state index is 5.71. The number of pyridine rings is 1. The van der Waals surface area contributed by atoms with Crippen LogP contribution in [0.4, 0.5) is 0 Å². The quantitative estimate of drug-likeness (QED) is 0.635. The molecule has 1 unspecified atom stereocenters. The van der Waals surface area contributed by atoms with E-state index in [1.54, 1.807) is 0 Å². The van der Waals surface area contributed by atoms with E-state index >= 15 is 0 Å². The molecule has 0 fully saturated rings. The Morgan fingerprint density at radius 1 is 1.26 bits per heavy atom. The molecule has 3 N–H and O–H groups in total. The van der Waals surface area contributed by atoms with Gasteiger partial charge in [0.15, 0.2) is 0 Å². The first-order chi connectivity index (χ1) is 9.13. The Kier molecular flexibility index (Phi) is 4.29. The molecule has 19 heavy (non-hydrogen) atoms. The number of aryl methyl sites for hydroxylation is 3. The molecule has 5 nitrogen and oxygen atoms in total. The highest BCUT2D eigenvalue weighted by atomic mass is 15.3. The zero-order valence-corrected chi connectivity index (χ0v) is 11.7. The fourth-order valence-corrected chi connectivity index (χ4v) is 2.30. The zero-order chi connectivity index (χ0) is 13.8. The van der Waals surface area contributed by atoms with Gasteiger partial charge in [0.25, 0.3) is 0 Å². The molecule has 0 aliphatic carbocycles. The molecule has 0 aliphatic heterocycles. The van der Waals surface area contributed by atoms with Gasteiger partial charge in [-0.3, -0.25) is 15.5 Å². The van der Waals surface area contributed by atoms with Gasteiger partial charge in [0.05, 0.1) is 12.2 Å². The van der Waals surface area contributed by atoms with Crippen LogP contribution in [0.25, 0.3) is 0 Å². The molecule has 102 valence electrons. The maximum Gasteiger partial charge on any atom is 0.0742 e. The van der Waals surface area contributed by atoms with Crippen molar-refractivity contribution in [1.82, 2.24) is 20.2 Å². The molecule has 2 aromatic rings. The topological polar surface area (TPSA) is 68.8 Å². The van der Waals surface area contributed by atoms with Crippen LogP contribution >= 0.6 is 0 Å². The Balaban J connectivity index is 2.32. The van der Waals surface area contributed by atoms with Crippen molar-refractivity contribution in [3.63, 3.8) is 0 Å². The maximum atomic E-state index is 5.71. The van der Waals surface area contributed by atoms with Crippen molar-refractivity contribution in [2.75, 3.05) is 0 Å². The third kappa shape index (κ3) is 3.19. The first-order valence-corrected chi connectivity index (χ1v) is 6.57. The summed E-state index contributed by atoms with van der Waals surface area (Å²) in [5, 5.41) is 4.35. The van der Waals surface area contributed by atoms with Crippen molar-refractivity contribution in [2.45, 2.75) is 39.8 Å². The highest BCUT2D eigenvalue weighted by Gasteiger charge is 2.15. The first kappa shape index (κ1) is 13.7. The Hall–Kier alpha value is -1.72. The van der Waals surface area contributed by atoms with Gasteiger partial charge in [0, 0.05) is 29.7 Å². The fraction of sp³-hybridized carbons (Fsp3) is 0.429. The second-order valence-electron chi connectivity index (χ2n) is 4.82. The Morgan fingerprint density at radius 2 is 1.95 bits per heavy atom. The summed E-state index contributed by atoms with van der Waals surface area (Å²) in [4.78, 5) is 4.39. The summed E-state index contributed by atoms with van der Waals surface area (Å²) in [5.74, 6) is 5.71. The Labute approximate surface area is 113 Å². The van der Waals surface area contributed by atoms with Gasteiger partial charge in [-0.1, -0.05) is 6.92 Å². The second-order valence-corrected chi connectivity index (χ2v) is 4.82. The minimum absolute atomic E-state index is 0.0500. The number of rotatable bonds is 5. The van der Waals surface area contributed by atoms with Crippen molar-refractivity contribution in [3.8, 4) is 0 Å². The SMILES string of the molecule is CCCn1cc(C(NN)c2cc(C)nc(C)c2)cn1. The average Bonchev–Trinajstić information content (AvgIpc) is 2.78. The number of nitrogens with two attached hydrogens (primary N) is 1. The van der Waals surface area contributed by atoms with Crippen LogP contribution in [0.1, 0.15) is 41.9 Å². The summed E-state index contributed by atoms with van der Waals surface area (Å²) < 4.78 is 1.95. The highest BCUT2D eigenvalue weighted by molar-refractivity contribution is 5.31. The zero-order valence-electron chi connectivity index (χ0n) is 11.7. The van der Waals surface area contributed by atoms with Gasteiger partial charge in [0.1, 0.15) is 0 Å². The van der Waals surface area contributed by atoms with Crippen LogP contribution < -0.4 is 11.3 Å². The summed E-state index contributed by atoms with van der Waals surface area (Å²) in [6, 6.07) is 4.05. The van der Waals surface area contributed by atoms with E-state index in [2.05, 4.69) is 34.6 Å². The van der Waals surface area contributed by atoms with Gasteiger partial charge in [-0.2, -0.15) is 5.10 Å². The number of nitrogens with zero attached hydrogens (tertiary/aromatic N) is 3. The number of hydrogen-bond acceptors (Lipinski definition) is 4. The van der Waals surface area contributed by atoms with Gasteiger partial charge in [0.2, 0.25) is 0 Å². The molecule has 0 saturated carbocycles. The van der Waals surface area contributed by atoms with Crippen LogP contribution in [0, 0.1) is 13.8 Å². The molecule has 0 amide bonds. The van der Waals surface area contributed by atoms with Crippen molar-refractivity contribution in [3.05, 3.63) is 47.0 Å². The molecule has 0 radical (unpaired) electrons. The molecule has 5 heteroatoms. The lowest BCUT2D eigenvalue weighted by Crippen LogP contribution is -2.28. The minimum Gasteiger partial charge on any atom is -0.272 e. The molecule has 0 aliphatic rings. The lowest BCUT2D eigenvalue weighted by Gasteiger charge is -2.15. The van der Waals surface area contributed by atoms with Gasteiger partial charge in [-0.15, -0.1) is 0 Å². The minimum atomic E-state index is -0.0500. The van der Waals surface area contributed by atoms with E-state index in [-0.39, 0.29) is 6.04 Å². The van der Waals surface area contributed by atoms with Crippen molar-refractivity contribution >= 4 is 0 Å². The third-order valence-electron chi connectivity index (χ3n) is 3.04. The van der Waals surface area contributed by atoms with Gasteiger partial charge in [-0.05, 0) is 38.0 Å². The lowest BCUT2D eigenvalue weighted by molar-refractivity contribution is 0.597. The van der Waals surface area contributed by atoms with Crippen molar-refractivity contribution < 1.29 is 0 Å². The summed E-state index contributed by atoms with van der Waals surface area (Å²) in [6.07, 6.45) is 4.97. The summed E-state index contributed by atoms with van der Waals surface area (Å²) >= 11 is 0. The molecule has 2 rings (SSSR count). The Bertz CT molecular complexity index is 526. The van der Waals surface area contributed by atoms with Crippen LogP contribution in [0.5, 0.6) is 0 Å². The van der Waals surface area contributed by atoms with E-state index in [1.807, 2.05) is 30.9 Å². The number of hydrogen-bond donors (Lipinski definition) is 2. The third-order valence-corrected chi connectivity index (χ3v) is 3.04. The molecular formula is C14H21N5. The molecule has 0 saturated heterocycles. The largest absolute Gasteiger partial charge is 0.272 e. The lowest BCUT2D eigenvalue weighted by atomic mass is 10.0. The van der Waals surface area contributed by atoms with Gasteiger partial charge >= 0.3 is 0 Å². The van der Waals surface area contributed by atoms with E-state index in [4.69, 9.17) is 5.84 Å². The normalized spacial score (nSPS) is 12.6. The molecular weight excluding hydrogens is 238 g/mol. The predicted molar refractivity (Wildman–Crippen MR) is 75.4 cm³/mol. The van der Waals surface area contributed by atoms with E-state index in [1.165, 1.54) is 0 Å². The van der Waals surface area contributed by atoms with Crippen LogP contribution in [0.2, 0.25) is 0 Å².